The lowest BCUT2D eigenvalue weighted by molar-refractivity contribution is 0.111. The molecule has 0 amide bonds. The van der Waals surface area contributed by atoms with Gasteiger partial charge in [-0.1, -0.05) is 19.8 Å². The number of nitrogens with zero attached hydrogens (tertiary/aromatic N) is 1. The maximum Gasteiger partial charge on any atom is 0.0655 e. The Morgan fingerprint density at radius 3 is 1.29 bits per heavy atom. The van der Waals surface area contributed by atoms with E-state index in [0.717, 1.165) is 29.6 Å². The van der Waals surface area contributed by atoms with Crippen LogP contribution in [0.5, 0.6) is 0 Å². The number of hydrogen-bond acceptors (Lipinski definition) is 1. The molecule has 0 aromatic heterocycles. The summed E-state index contributed by atoms with van der Waals surface area (Å²) in [6, 6.07) is 2.48. The molecule has 3 rings (SSSR count). The summed E-state index contributed by atoms with van der Waals surface area (Å²) in [6.07, 6.45) is 17.1. The van der Waals surface area contributed by atoms with Crippen molar-refractivity contribution in [3.63, 3.8) is 0 Å². The van der Waals surface area contributed by atoms with E-state index in [1.54, 1.807) is 0 Å². The summed E-state index contributed by atoms with van der Waals surface area (Å²) in [4.78, 5) is 0. The van der Waals surface area contributed by atoms with Crippen LogP contribution in [0.15, 0.2) is 0 Å². The third-order valence-electron chi connectivity index (χ3n) is 7.16. The van der Waals surface area contributed by atoms with Crippen molar-refractivity contribution in [3.05, 3.63) is 0 Å². The van der Waals surface area contributed by atoms with Crippen LogP contribution in [0.25, 0.3) is 0 Å². The van der Waals surface area contributed by atoms with Gasteiger partial charge in [0.15, 0.2) is 0 Å². The summed E-state index contributed by atoms with van der Waals surface area (Å²) in [5.41, 5.74) is 0. The van der Waals surface area contributed by atoms with Crippen molar-refractivity contribution < 1.29 is 0 Å². The Hall–Kier alpha value is -0.510. The third-order valence-corrected chi connectivity index (χ3v) is 7.16. The minimum atomic E-state index is 0.377. The molecule has 1 heteroatoms. The molecule has 118 valence electrons. The van der Waals surface area contributed by atoms with Crippen LogP contribution in [0.4, 0.5) is 0 Å². The Kier molecular flexibility index (Phi) is 5.25. The van der Waals surface area contributed by atoms with Gasteiger partial charge in [0.05, 0.1) is 6.07 Å². The zero-order chi connectivity index (χ0) is 14.7. The normalized spacial score (nSPS) is 45.0. The van der Waals surface area contributed by atoms with E-state index in [0.29, 0.717) is 5.92 Å². The quantitative estimate of drug-likeness (QED) is 0.615. The van der Waals surface area contributed by atoms with Crippen molar-refractivity contribution >= 4 is 0 Å². The standard InChI is InChI=1S/C20H33N/c1-15-2-6-17(7-3-15)19-10-12-20(13-11-19)18-8-4-16(14-21)5-9-18/h15-20H,2-13H2,1H3. The highest BCUT2D eigenvalue weighted by Crippen LogP contribution is 2.45. The summed E-state index contributed by atoms with van der Waals surface area (Å²) in [5.74, 6) is 5.46. The Morgan fingerprint density at radius 2 is 0.905 bits per heavy atom. The van der Waals surface area contributed by atoms with E-state index in [1.807, 2.05) is 0 Å². The smallest absolute Gasteiger partial charge is 0.0655 e. The van der Waals surface area contributed by atoms with Crippen molar-refractivity contribution in [1.29, 1.82) is 5.26 Å². The molecular formula is C20H33N. The van der Waals surface area contributed by atoms with Crippen molar-refractivity contribution in [3.8, 4) is 6.07 Å². The molecule has 3 aliphatic rings. The maximum atomic E-state index is 9.04. The summed E-state index contributed by atoms with van der Waals surface area (Å²) in [5, 5.41) is 9.04. The highest BCUT2D eigenvalue weighted by molar-refractivity contribution is 4.90. The average Bonchev–Trinajstić information content (AvgIpc) is 2.56. The second kappa shape index (κ2) is 7.17. The summed E-state index contributed by atoms with van der Waals surface area (Å²) in [6.45, 7) is 2.44. The first kappa shape index (κ1) is 15.4. The SMILES string of the molecule is CC1CCC(C2CCC(C3CCC(C#N)CC3)CC2)CC1. The Morgan fingerprint density at radius 1 is 0.571 bits per heavy atom. The summed E-state index contributed by atoms with van der Waals surface area (Å²) >= 11 is 0. The van der Waals surface area contributed by atoms with Gasteiger partial charge >= 0.3 is 0 Å². The Balaban J connectivity index is 1.42. The summed E-state index contributed by atoms with van der Waals surface area (Å²) < 4.78 is 0. The highest BCUT2D eigenvalue weighted by atomic mass is 14.4. The fraction of sp³-hybridized carbons (Fsp3) is 0.950. The van der Waals surface area contributed by atoms with E-state index in [-0.39, 0.29) is 0 Å². The predicted molar refractivity (Wildman–Crippen MR) is 87.6 cm³/mol. The minimum absolute atomic E-state index is 0.377. The van der Waals surface area contributed by atoms with Crippen molar-refractivity contribution in [2.24, 2.45) is 35.5 Å². The zero-order valence-corrected chi connectivity index (χ0v) is 13.9. The van der Waals surface area contributed by atoms with Gasteiger partial charge in [-0.15, -0.1) is 0 Å². The molecule has 3 saturated carbocycles. The van der Waals surface area contributed by atoms with Gasteiger partial charge in [0.1, 0.15) is 0 Å². The molecule has 0 bridgehead atoms. The van der Waals surface area contributed by atoms with Crippen LogP contribution in [-0.4, -0.2) is 0 Å². The van der Waals surface area contributed by atoms with Crippen molar-refractivity contribution in [2.45, 2.75) is 84.0 Å². The van der Waals surface area contributed by atoms with E-state index in [2.05, 4.69) is 13.0 Å². The molecule has 1 nitrogen and oxygen atoms in total. The lowest BCUT2D eigenvalue weighted by Crippen LogP contribution is -2.29. The molecule has 3 fully saturated rings. The predicted octanol–water partition coefficient (Wildman–Crippen LogP) is 5.95. The second-order valence-electron chi connectivity index (χ2n) is 8.44. The number of hydrogen-bond donors (Lipinski definition) is 0. The highest BCUT2D eigenvalue weighted by Gasteiger charge is 2.34. The van der Waals surface area contributed by atoms with Gasteiger partial charge in [-0.2, -0.15) is 5.26 Å². The summed E-state index contributed by atoms with van der Waals surface area (Å²) in [7, 11) is 0. The van der Waals surface area contributed by atoms with E-state index < -0.39 is 0 Å². The molecule has 0 spiro atoms. The van der Waals surface area contributed by atoms with Crippen LogP contribution in [-0.2, 0) is 0 Å². The van der Waals surface area contributed by atoms with Crippen LogP contribution in [0.3, 0.4) is 0 Å². The molecule has 3 aliphatic carbocycles. The molecule has 0 atom stereocenters. The van der Waals surface area contributed by atoms with Crippen LogP contribution in [0, 0.1) is 46.8 Å². The van der Waals surface area contributed by atoms with Crippen LogP contribution in [0.1, 0.15) is 84.0 Å². The number of nitriles is 1. The maximum absolute atomic E-state index is 9.04. The molecule has 0 saturated heterocycles. The van der Waals surface area contributed by atoms with Crippen molar-refractivity contribution in [2.75, 3.05) is 0 Å². The fourth-order valence-electron chi connectivity index (χ4n) is 5.56. The van der Waals surface area contributed by atoms with Crippen molar-refractivity contribution in [1.82, 2.24) is 0 Å². The van der Waals surface area contributed by atoms with Gasteiger partial charge in [-0.3, -0.25) is 0 Å². The van der Waals surface area contributed by atoms with E-state index in [1.165, 1.54) is 77.0 Å². The first-order valence-corrected chi connectivity index (χ1v) is 9.66. The van der Waals surface area contributed by atoms with Gasteiger partial charge in [0, 0.05) is 5.92 Å². The Bertz CT molecular complexity index is 345. The number of rotatable bonds is 2. The average molecular weight is 287 g/mol. The molecular weight excluding hydrogens is 254 g/mol. The van der Waals surface area contributed by atoms with Gasteiger partial charge in [-0.05, 0) is 93.8 Å². The molecule has 0 heterocycles. The Labute approximate surface area is 131 Å². The first-order valence-electron chi connectivity index (χ1n) is 9.66. The van der Waals surface area contributed by atoms with E-state index in [4.69, 9.17) is 5.26 Å². The van der Waals surface area contributed by atoms with Gasteiger partial charge in [0.2, 0.25) is 0 Å². The van der Waals surface area contributed by atoms with Gasteiger partial charge in [0.25, 0.3) is 0 Å². The van der Waals surface area contributed by atoms with Gasteiger partial charge in [-0.25, -0.2) is 0 Å². The molecule has 0 radical (unpaired) electrons. The van der Waals surface area contributed by atoms with Crippen LogP contribution < -0.4 is 0 Å². The van der Waals surface area contributed by atoms with E-state index >= 15 is 0 Å². The monoisotopic (exact) mass is 287 g/mol. The fourth-order valence-corrected chi connectivity index (χ4v) is 5.56. The molecule has 0 unspecified atom stereocenters. The topological polar surface area (TPSA) is 23.8 Å². The van der Waals surface area contributed by atoms with Crippen LogP contribution in [0.2, 0.25) is 0 Å². The first-order chi connectivity index (χ1) is 10.3. The molecule has 0 aromatic rings. The van der Waals surface area contributed by atoms with Gasteiger partial charge < -0.3 is 0 Å². The minimum Gasteiger partial charge on any atom is -0.198 e. The molecule has 21 heavy (non-hydrogen) atoms. The molecule has 0 aromatic carbocycles. The third kappa shape index (κ3) is 3.82. The zero-order valence-electron chi connectivity index (χ0n) is 13.9. The lowest BCUT2D eigenvalue weighted by Gasteiger charge is -2.40. The second-order valence-corrected chi connectivity index (χ2v) is 8.44. The lowest BCUT2D eigenvalue weighted by atomic mass is 9.65. The van der Waals surface area contributed by atoms with E-state index in [9.17, 15) is 0 Å². The van der Waals surface area contributed by atoms with Crippen LogP contribution >= 0.6 is 0 Å². The molecule has 0 N–H and O–H groups in total. The molecule has 0 aliphatic heterocycles. The largest absolute Gasteiger partial charge is 0.198 e.